The number of nitrogens with zero attached hydrogens (tertiary/aromatic N) is 1. The van der Waals surface area contributed by atoms with Crippen molar-refractivity contribution in [3.05, 3.63) is 59.4 Å². The lowest BCUT2D eigenvalue weighted by Gasteiger charge is -2.18. The summed E-state index contributed by atoms with van der Waals surface area (Å²) in [7, 11) is 0. The van der Waals surface area contributed by atoms with Gasteiger partial charge in [0.05, 0.1) is 17.7 Å². The molecule has 2 amide bonds. The van der Waals surface area contributed by atoms with Gasteiger partial charge in [0.2, 0.25) is 5.91 Å². The number of carbonyl (C=O) groups excluding carboxylic acids is 2. The molecule has 1 saturated heterocycles. The van der Waals surface area contributed by atoms with Gasteiger partial charge in [-0.1, -0.05) is 6.07 Å². The Morgan fingerprint density at radius 2 is 1.88 bits per heavy atom. The fourth-order valence-corrected chi connectivity index (χ4v) is 2.73. The minimum atomic E-state index is -1.14. The molecule has 3 rings (SSSR count). The SMILES string of the molecule is Cc1ccc(C(=O)O)cc1N1C(=O)C[C@@H](Nc2ccc(F)cc2)C1=O. The first kappa shape index (κ1) is 16.6. The van der Waals surface area contributed by atoms with Crippen molar-refractivity contribution in [3.63, 3.8) is 0 Å². The second-order valence-electron chi connectivity index (χ2n) is 5.78. The highest BCUT2D eigenvalue weighted by molar-refractivity contribution is 6.23. The number of aryl methyl sites for hydroxylation is 1. The van der Waals surface area contributed by atoms with Crippen molar-refractivity contribution in [1.82, 2.24) is 0 Å². The molecular formula is C18H15FN2O4. The van der Waals surface area contributed by atoms with Gasteiger partial charge in [-0.25, -0.2) is 14.1 Å². The highest BCUT2D eigenvalue weighted by atomic mass is 19.1. The maximum atomic E-state index is 13.0. The molecule has 1 atom stereocenters. The van der Waals surface area contributed by atoms with E-state index >= 15 is 0 Å². The molecule has 2 N–H and O–H groups in total. The standard InChI is InChI=1S/C18H15FN2O4/c1-10-2-3-11(18(24)25)8-15(10)21-16(22)9-14(17(21)23)20-13-6-4-12(19)5-7-13/h2-8,14,20H,9H2,1H3,(H,24,25)/t14-/m1/s1. The number of aromatic carboxylic acids is 1. The lowest BCUT2D eigenvalue weighted by Crippen LogP contribution is -2.35. The Morgan fingerprint density at radius 1 is 1.20 bits per heavy atom. The largest absolute Gasteiger partial charge is 0.478 e. The Bertz CT molecular complexity index is 864. The molecule has 0 radical (unpaired) electrons. The molecule has 2 aromatic rings. The van der Waals surface area contributed by atoms with E-state index in [0.717, 1.165) is 4.90 Å². The summed E-state index contributed by atoms with van der Waals surface area (Å²) in [5.41, 5.74) is 1.40. The molecule has 2 aromatic carbocycles. The molecule has 0 aromatic heterocycles. The molecule has 0 bridgehead atoms. The lowest BCUT2D eigenvalue weighted by molar-refractivity contribution is -0.121. The molecule has 25 heavy (non-hydrogen) atoms. The topological polar surface area (TPSA) is 86.7 Å². The predicted octanol–water partition coefficient (Wildman–Crippen LogP) is 2.58. The molecular weight excluding hydrogens is 327 g/mol. The van der Waals surface area contributed by atoms with E-state index in [1.807, 2.05) is 0 Å². The van der Waals surface area contributed by atoms with Gasteiger partial charge in [0, 0.05) is 5.69 Å². The van der Waals surface area contributed by atoms with Gasteiger partial charge < -0.3 is 10.4 Å². The van der Waals surface area contributed by atoms with E-state index in [2.05, 4.69) is 5.32 Å². The van der Waals surface area contributed by atoms with Gasteiger partial charge in [-0.05, 0) is 48.9 Å². The highest BCUT2D eigenvalue weighted by Gasteiger charge is 2.40. The van der Waals surface area contributed by atoms with Crippen LogP contribution >= 0.6 is 0 Å². The molecule has 128 valence electrons. The Hall–Kier alpha value is -3.22. The molecule has 6 nitrogen and oxygen atoms in total. The third-order valence-corrected chi connectivity index (χ3v) is 4.03. The monoisotopic (exact) mass is 342 g/mol. The van der Waals surface area contributed by atoms with Crippen LogP contribution in [0.1, 0.15) is 22.3 Å². The van der Waals surface area contributed by atoms with E-state index < -0.39 is 29.6 Å². The smallest absolute Gasteiger partial charge is 0.335 e. The minimum Gasteiger partial charge on any atom is -0.478 e. The summed E-state index contributed by atoms with van der Waals surface area (Å²) in [6.45, 7) is 1.70. The second-order valence-corrected chi connectivity index (χ2v) is 5.78. The van der Waals surface area contributed by atoms with Crippen LogP contribution in [0.15, 0.2) is 42.5 Å². The van der Waals surface area contributed by atoms with E-state index in [9.17, 15) is 18.8 Å². The maximum Gasteiger partial charge on any atom is 0.335 e. The number of hydrogen-bond donors (Lipinski definition) is 2. The number of halogens is 1. The Balaban J connectivity index is 1.88. The van der Waals surface area contributed by atoms with E-state index in [4.69, 9.17) is 5.11 Å². The van der Waals surface area contributed by atoms with Crippen LogP contribution in [-0.4, -0.2) is 28.9 Å². The third kappa shape index (κ3) is 3.21. The van der Waals surface area contributed by atoms with Crippen LogP contribution < -0.4 is 10.2 Å². The Morgan fingerprint density at radius 3 is 2.52 bits per heavy atom. The van der Waals surface area contributed by atoms with Crippen LogP contribution in [0.5, 0.6) is 0 Å². The van der Waals surface area contributed by atoms with Crippen LogP contribution in [0.25, 0.3) is 0 Å². The first-order valence-electron chi connectivity index (χ1n) is 7.59. The van der Waals surface area contributed by atoms with Gasteiger partial charge >= 0.3 is 5.97 Å². The first-order chi connectivity index (χ1) is 11.9. The van der Waals surface area contributed by atoms with Crippen molar-refractivity contribution in [3.8, 4) is 0 Å². The highest BCUT2D eigenvalue weighted by Crippen LogP contribution is 2.28. The summed E-state index contributed by atoms with van der Waals surface area (Å²) in [6, 6.07) is 8.96. The summed E-state index contributed by atoms with van der Waals surface area (Å²) in [5, 5.41) is 12.0. The van der Waals surface area contributed by atoms with E-state index in [1.54, 1.807) is 13.0 Å². The molecule has 7 heteroatoms. The van der Waals surface area contributed by atoms with Gasteiger partial charge in [-0.3, -0.25) is 9.59 Å². The zero-order valence-electron chi connectivity index (χ0n) is 13.3. The second kappa shape index (κ2) is 6.35. The summed E-state index contributed by atoms with van der Waals surface area (Å²) in [5.74, 6) is -2.43. The van der Waals surface area contributed by atoms with Gasteiger partial charge in [0.25, 0.3) is 5.91 Å². The number of carboxylic acid groups (broad SMARTS) is 1. The number of carbonyl (C=O) groups is 3. The molecule has 1 aliphatic heterocycles. The summed E-state index contributed by atoms with van der Waals surface area (Å²) in [4.78, 5) is 37.1. The molecule has 1 fully saturated rings. The van der Waals surface area contributed by atoms with E-state index in [0.29, 0.717) is 11.3 Å². The predicted molar refractivity (Wildman–Crippen MR) is 89.1 cm³/mol. The average Bonchev–Trinajstić information content (AvgIpc) is 2.84. The van der Waals surface area contributed by atoms with Crippen molar-refractivity contribution in [2.75, 3.05) is 10.2 Å². The normalized spacial score (nSPS) is 17.0. The van der Waals surface area contributed by atoms with Gasteiger partial charge in [-0.15, -0.1) is 0 Å². The van der Waals surface area contributed by atoms with E-state index in [1.165, 1.54) is 36.4 Å². The number of nitrogens with one attached hydrogen (secondary N) is 1. The van der Waals surface area contributed by atoms with Crippen molar-refractivity contribution < 1.29 is 23.9 Å². The van der Waals surface area contributed by atoms with Crippen LogP contribution in [0.2, 0.25) is 0 Å². The fraction of sp³-hybridized carbons (Fsp3) is 0.167. The molecule has 1 aliphatic rings. The number of imide groups is 1. The zero-order valence-corrected chi connectivity index (χ0v) is 13.3. The number of carboxylic acids is 1. The van der Waals surface area contributed by atoms with Crippen molar-refractivity contribution in [1.29, 1.82) is 0 Å². The van der Waals surface area contributed by atoms with Gasteiger partial charge in [-0.2, -0.15) is 0 Å². The Labute approximate surface area is 142 Å². The number of hydrogen-bond acceptors (Lipinski definition) is 4. The lowest BCUT2D eigenvalue weighted by atomic mass is 10.1. The van der Waals surface area contributed by atoms with Crippen LogP contribution in [0.3, 0.4) is 0 Å². The maximum absolute atomic E-state index is 13.0. The molecule has 1 heterocycles. The molecule has 0 saturated carbocycles. The summed E-state index contributed by atoms with van der Waals surface area (Å²) in [6.07, 6.45) is -0.0626. The summed E-state index contributed by atoms with van der Waals surface area (Å²) < 4.78 is 13.0. The third-order valence-electron chi connectivity index (χ3n) is 4.03. The van der Waals surface area contributed by atoms with Crippen LogP contribution in [-0.2, 0) is 9.59 Å². The number of amides is 2. The fourth-order valence-electron chi connectivity index (χ4n) is 2.73. The average molecular weight is 342 g/mol. The van der Waals surface area contributed by atoms with E-state index in [-0.39, 0.29) is 17.7 Å². The first-order valence-corrected chi connectivity index (χ1v) is 7.59. The summed E-state index contributed by atoms with van der Waals surface area (Å²) >= 11 is 0. The van der Waals surface area contributed by atoms with Crippen molar-refractivity contribution >= 4 is 29.2 Å². The molecule has 0 unspecified atom stereocenters. The Kier molecular flexibility index (Phi) is 4.22. The minimum absolute atomic E-state index is 0.00357. The number of rotatable bonds is 4. The number of benzene rings is 2. The quantitative estimate of drug-likeness (QED) is 0.834. The molecule has 0 aliphatic carbocycles. The molecule has 0 spiro atoms. The van der Waals surface area contributed by atoms with Crippen LogP contribution in [0.4, 0.5) is 15.8 Å². The van der Waals surface area contributed by atoms with Crippen molar-refractivity contribution in [2.24, 2.45) is 0 Å². The number of anilines is 2. The zero-order chi connectivity index (χ0) is 18.1. The van der Waals surface area contributed by atoms with Crippen LogP contribution in [0, 0.1) is 12.7 Å². The van der Waals surface area contributed by atoms with Gasteiger partial charge in [0.1, 0.15) is 11.9 Å². The van der Waals surface area contributed by atoms with Crippen molar-refractivity contribution in [2.45, 2.75) is 19.4 Å². The van der Waals surface area contributed by atoms with Gasteiger partial charge in [0.15, 0.2) is 0 Å².